The summed E-state index contributed by atoms with van der Waals surface area (Å²) in [5.74, 6) is 1.08. The van der Waals surface area contributed by atoms with E-state index in [9.17, 15) is 4.79 Å². The van der Waals surface area contributed by atoms with Gasteiger partial charge in [-0.2, -0.15) is 0 Å². The summed E-state index contributed by atoms with van der Waals surface area (Å²) in [5, 5.41) is 0. The molecular weight excluding hydrogens is 298 g/mol. The van der Waals surface area contributed by atoms with Gasteiger partial charge in [-0.25, -0.2) is 0 Å². The van der Waals surface area contributed by atoms with Crippen LogP contribution in [0.2, 0.25) is 0 Å². The zero-order valence-corrected chi connectivity index (χ0v) is 14.3. The van der Waals surface area contributed by atoms with E-state index in [0.717, 1.165) is 37.2 Å². The number of ether oxygens (including phenoxy) is 1. The van der Waals surface area contributed by atoms with Crippen molar-refractivity contribution in [1.29, 1.82) is 0 Å². The van der Waals surface area contributed by atoms with E-state index in [2.05, 4.69) is 12.1 Å². The van der Waals surface area contributed by atoms with Crippen LogP contribution >= 0.6 is 0 Å². The molecule has 1 saturated heterocycles. The van der Waals surface area contributed by atoms with E-state index in [1.165, 1.54) is 32.1 Å². The molecule has 3 rings (SSSR count). The monoisotopic (exact) mass is 325 g/mol. The fraction of sp³-hybridized carbons (Fsp3) is 0.476. The molecule has 1 heterocycles. The maximum atomic E-state index is 12.0. The first-order valence-corrected chi connectivity index (χ1v) is 9.22. The number of amides is 1. The molecule has 24 heavy (non-hydrogen) atoms. The second-order valence-electron chi connectivity index (χ2n) is 6.70. The molecular formula is C21H27NO2. The highest BCUT2D eigenvalue weighted by molar-refractivity contribution is 5.88. The summed E-state index contributed by atoms with van der Waals surface area (Å²) in [4.78, 5) is 13.9. The number of carbonyl (C=O) groups is 1. The van der Waals surface area contributed by atoms with Gasteiger partial charge >= 0.3 is 0 Å². The summed E-state index contributed by atoms with van der Waals surface area (Å²) in [6, 6.07) is 8.17. The van der Waals surface area contributed by atoms with Crippen molar-refractivity contribution in [3.8, 4) is 5.75 Å². The lowest BCUT2D eigenvalue weighted by atomic mass is 10.1. The zero-order chi connectivity index (χ0) is 16.6. The normalized spacial score (nSPS) is 19.4. The highest BCUT2D eigenvalue weighted by atomic mass is 16.5. The second kappa shape index (κ2) is 8.72. The van der Waals surface area contributed by atoms with E-state index in [1.807, 2.05) is 35.3 Å². The summed E-state index contributed by atoms with van der Waals surface area (Å²) in [7, 11) is 0. The molecule has 0 N–H and O–H groups in total. The molecule has 0 aromatic heterocycles. The second-order valence-corrected chi connectivity index (χ2v) is 6.70. The van der Waals surface area contributed by atoms with Gasteiger partial charge in [0.2, 0.25) is 5.91 Å². The van der Waals surface area contributed by atoms with E-state index in [4.69, 9.17) is 4.74 Å². The molecule has 3 nitrogen and oxygen atoms in total. The van der Waals surface area contributed by atoms with Gasteiger partial charge in [0.1, 0.15) is 5.75 Å². The Labute approximate surface area is 145 Å². The molecule has 1 amide bonds. The molecule has 128 valence electrons. The Morgan fingerprint density at radius 1 is 0.958 bits per heavy atom. The Bertz CT molecular complexity index is 576. The molecule has 1 aliphatic heterocycles. The molecule has 0 spiro atoms. The first-order valence-electron chi connectivity index (χ1n) is 9.22. The number of hydrogen-bond acceptors (Lipinski definition) is 2. The number of hydrogen-bond donors (Lipinski definition) is 0. The molecule has 0 bridgehead atoms. The number of rotatable bonds is 5. The van der Waals surface area contributed by atoms with Crippen LogP contribution in [0.3, 0.4) is 0 Å². The third kappa shape index (κ3) is 4.98. The van der Waals surface area contributed by atoms with E-state index < -0.39 is 0 Å². The standard InChI is InChI=1S/C21H27NO2/c23-21(22-16-6-1-7-17-22)11-5-2-8-18-12-14-20(15-13-18)24-19-9-3-4-10-19/h2,5,8,11-15,19H,1,3-4,6-7,9-10,16-17H2/b8-2+,11-5+. The van der Waals surface area contributed by atoms with Crippen LogP contribution in [0, 0.1) is 0 Å². The first-order chi connectivity index (χ1) is 11.8. The van der Waals surface area contributed by atoms with Crippen molar-refractivity contribution in [1.82, 2.24) is 4.90 Å². The van der Waals surface area contributed by atoms with Crippen LogP contribution in [0.4, 0.5) is 0 Å². The fourth-order valence-corrected chi connectivity index (χ4v) is 3.38. The van der Waals surface area contributed by atoms with Gasteiger partial charge in [-0.05, 0) is 62.6 Å². The lowest BCUT2D eigenvalue weighted by Crippen LogP contribution is -2.34. The van der Waals surface area contributed by atoms with Gasteiger partial charge in [-0.15, -0.1) is 0 Å². The molecule has 1 saturated carbocycles. The predicted molar refractivity (Wildman–Crippen MR) is 97.9 cm³/mol. The molecule has 0 radical (unpaired) electrons. The minimum absolute atomic E-state index is 0.125. The minimum Gasteiger partial charge on any atom is -0.490 e. The van der Waals surface area contributed by atoms with E-state index in [1.54, 1.807) is 6.08 Å². The van der Waals surface area contributed by atoms with Gasteiger partial charge < -0.3 is 9.64 Å². The summed E-state index contributed by atoms with van der Waals surface area (Å²) >= 11 is 0. The maximum Gasteiger partial charge on any atom is 0.246 e. The minimum atomic E-state index is 0.125. The van der Waals surface area contributed by atoms with Crippen LogP contribution in [0.25, 0.3) is 6.08 Å². The molecule has 3 heteroatoms. The summed E-state index contributed by atoms with van der Waals surface area (Å²) in [6.07, 6.45) is 16.3. The summed E-state index contributed by atoms with van der Waals surface area (Å²) in [6.45, 7) is 1.80. The van der Waals surface area contributed by atoms with Gasteiger partial charge in [-0.1, -0.05) is 30.4 Å². The van der Waals surface area contributed by atoms with E-state index in [-0.39, 0.29) is 5.91 Å². The van der Waals surface area contributed by atoms with Gasteiger partial charge in [-0.3, -0.25) is 4.79 Å². The fourth-order valence-electron chi connectivity index (χ4n) is 3.38. The van der Waals surface area contributed by atoms with Crippen LogP contribution in [0.1, 0.15) is 50.5 Å². The van der Waals surface area contributed by atoms with Crippen LogP contribution in [0.15, 0.2) is 42.5 Å². The third-order valence-corrected chi connectivity index (χ3v) is 4.79. The van der Waals surface area contributed by atoms with E-state index >= 15 is 0 Å². The number of likely N-dealkylation sites (tertiary alicyclic amines) is 1. The number of piperidine rings is 1. The van der Waals surface area contributed by atoms with Crippen LogP contribution in [-0.4, -0.2) is 30.0 Å². The van der Waals surface area contributed by atoms with Crippen molar-refractivity contribution in [2.24, 2.45) is 0 Å². The predicted octanol–water partition coefficient (Wildman–Crippen LogP) is 4.59. The number of carbonyl (C=O) groups excluding carboxylic acids is 1. The Morgan fingerprint density at radius 3 is 2.38 bits per heavy atom. The molecule has 0 atom stereocenters. The van der Waals surface area contributed by atoms with Crippen molar-refractivity contribution in [2.75, 3.05) is 13.1 Å². The Morgan fingerprint density at radius 2 is 1.67 bits per heavy atom. The van der Waals surface area contributed by atoms with Crippen LogP contribution < -0.4 is 4.74 Å². The lowest BCUT2D eigenvalue weighted by Gasteiger charge is -2.25. The Balaban J connectivity index is 1.47. The quantitative estimate of drug-likeness (QED) is 0.585. The molecule has 1 aromatic rings. The molecule has 2 aliphatic rings. The summed E-state index contributed by atoms with van der Waals surface area (Å²) < 4.78 is 5.97. The SMILES string of the molecule is O=C(/C=C/C=C/c1ccc(OC2CCCC2)cc1)N1CCCCC1. The van der Waals surface area contributed by atoms with E-state index in [0.29, 0.717) is 6.10 Å². The third-order valence-electron chi connectivity index (χ3n) is 4.79. The average Bonchev–Trinajstić information content (AvgIpc) is 3.14. The zero-order valence-electron chi connectivity index (χ0n) is 14.3. The molecule has 2 fully saturated rings. The van der Waals surface area contributed by atoms with Gasteiger partial charge in [0, 0.05) is 19.2 Å². The first kappa shape index (κ1) is 16.8. The van der Waals surface area contributed by atoms with Crippen molar-refractivity contribution in [2.45, 2.75) is 51.0 Å². The highest BCUT2D eigenvalue weighted by Gasteiger charge is 2.16. The maximum absolute atomic E-state index is 12.0. The number of benzene rings is 1. The van der Waals surface area contributed by atoms with Crippen molar-refractivity contribution in [3.05, 3.63) is 48.1 Å². The summed E-state index contributed by atoms with van der Waals surface area (Å²) in [5.41, 5.74) is 1.11. The van der Waals surface area contributed by atoms with Crippen molar-refractivity contribution >= 4 is 12.0 Å². The van der Waals surface area contributed by atoms with Crippen LogP contribution in [-0.2, 0) is 4.79 Å². The van der Waals surface area contributed by atoms with Gasteiger partial charge in [0.25, 0.3) is 0 Å². The Hall–Kier alpha value is -2.03. The topological polar surface area (TPSA) is 29.5 Å². The molecule has 1 aliphatic carbocycles. The van der Waals surface area contributed by atoms with Gasteiger partial charge in [0.05, 0.1) is 6.10 Å². The number of nitrogens with zero attached hydrogens (tertiary/aromatic N) is 1. The smallest absolute Gasteiger partial charge is 0.246 e. The number of allylic oxidation sites excluding steroid dienone is 2. The van der Waals surface area contributed by atoms with Crippen molar-refractivity contribution in [3.63, 3.8) is 0 Å². The van der Waals surface area contributed by atoms with Gasteiger partial charge in [0.15, 0.2) is 0 Å². The lowest BCUT2D eigenvalue weighted by molar-refractivity contribution is -0.126. The highest BCUT2D eigenvalue weighted by Crippen LogP contribution is 2.24. The van der Waals surface area contributed by atoms with Crippen molar-refractivity contribution < 1.29 is 9.53 Å². The molecule has 1 aromatic carbocycles. The Kier molecular flexibility index (Phi) is 6.11. The molecule has 0 unspecified atom stereocenters. The average molecular weight is 325 g/mol. The van der Waals surface area contributed by atoms with Crippen LogP contribution in [0.5, 0.6) is 5.75 Å². The largest absolute Gasteiger partial charge is 0.490 e.